The van der Waals surface area contributed by atoms with E-state index in [1.54, 1.807) is 6.20 Å². The van der Waals surface area contributed by atoms with E-state index in [0.717, 1.165) is 36.7 Å². The van der Waals surface area contributed by atoms with Crippen molar-refractivity contribution in [3.63, 3.8) is 0 Å². The van der Waals surface area contributed by atoms with Crippen LogP contribution in [0.15, 0.2) is 22.9 Å². The number of hydrogen-bond donors (Lipinski definition) is 1. The largest absolute Gasteiger partial charge is 0.339 e. The van der Waals surface area contributed by atoms with Crippen LogP contribution in [0.5, 0.6) is 0 Å². The Morgan fingerprint density at radius 1 is 1.37 bits per heavy atom. The van der Waals surface area contributed by atoms with Gasteiger partial charge in [0.25, 0.3) is 0 Å². The van der Waals surface area contributed by atoms with Crippen molar-refractivity contribution in [2.24, 2.45) is 5.92 Å². The lowest BCUT2D eigenvalue weighted by atomic mass is 9.95. The quantitative estimate of drug-likeness (QED) is 0.912. The molecule has 1 fully saturated rings. The molecule has 1 aliphatic rings. The van der Waals surface area contributed by atoms with Gasteiger partial charge in [0, 0.05) is 12.6 Å². The number of hydrogen-bond acceptors (Lipinski definition) is 5. The second-order valence-electron chi connectivity index (χ2n) is 5.13. The highest BCUT2D eigenvalue weighted by Gasteiger charge is 2.18. The van der Waals surface area contributed by atoms with Gasteiger partial charge in [-0.2, -0.15) is 4.98 Å². The zero-order valence-corrected chi connectivity index (χ0v) is 11.1. The van der Waals surface area contributed by atoms with Crippen molar-refractivity contribution in [2.75, 3.05) is 13.1 Å². The lowest BCUT2D eigenvalue weighted by Gasteiger charge is -2.20. The molecule has 5 heteroatoms. The standard InChI is InChI=1S/C14H18N4O/c1-10-2-7-16-12(8-10)14-17-13(19-18-14)9-11-3-5-15-6-4-11/h2,7-8,11,15H,3-6,9H2,1H3. The normalized spacial score (nSPS) is 16.7. The zero-order valence-electron chi connectivity index (χ0n) is 11.1. The molecule has 0 aliphatic carbocycles. The number of aryl methyl sites for hydroxylation is 1. The summed E-state index contributed by atoms with van der Waals surface area (Å²) >= 11 is 0. The average Bonchev–Trinajstić information content (AvgIpc) is 2.88. The fraction of sp³-hybridized carbons (Fsp3) is 0.500. The van der Waals surface area contributed by atoms with E-state index in [0.29, 0.717) is 11.7 Å². The molecular formula is C14H18N4O. The predicted molar refractivity (Wildman–Crippen MR) is 71.6 cm³/mol. The van der Waals surface area contributed by atoms with E-state index in [4.69, 9.17) is 4.52 Å². The molecule has 2 aromatic rings. The first kappa shape index (κ1) is 12.3. The number of pyridine rings is 1. The number of piperidine rings is 1. The first-order valence-corrected chi connectivity index (χ1v) is 6.77. The van der Waals surface area contributed by atoms with Crippen LogP contribution in [0.25, 0.3) is 11.5 Å². The molecule has 1 saturated heterocycles. The molecule has 3 rings (SSSR count). The van der Waals surface area contributed by atoms with Gasteiger partial charge in [-0.15, -0.1) is 0 Å². The molecular weight excluding hydrogens is 240 g/mol. The molecule has 0 radical (unpaired) electrons. The van der Waals surface area contributed by atoms with Gasteiger partial charge >= 0.3 is 0 Å². The van der Waals surface area contributed by atoms with Crippen molar-refractivity contribution < 1.29 is 4.52 Å². The Labute approximate surface area is 112 Å². The molecule has 0 unspecified atom stereocenters. The van der Waals surface area contributed by atoms with Crippen molar-refractivity contribution in [2.45, 2.75) is 26.2 Å². The van der Waals surface area contributed by atoms with Gasteiger partial charge in [-0.25, -0.2) is 0 Å². The number of aromatic nitrogens is 3. The third kappa shape index (κ3) is 2.98. The Morgan fingerprint density at radius 3 is 3.00 bits per heavy atom. The van der Waals surface area contributed by atoms with Gasteiger partial charge in [0.05, 0.1) is 0 Å². The second-order valence-corrected chi connectivity index (χ2v) is 5.13. The maximum absolute atomic E-state index is 5.34. The lowest BCUT2D eigenvalue weighted by molar-refractivity contribution is 0.313. The summed E-state index contributed by atoms with van der Waals surface area (Å²) in [5, 5.41) is 7.39. The Balaban J connectivity index is 1.72. The second kappa shape index (κ2) is 5.48. The minimum Gasteiger partial charge on any atom is -0.339 e. The van der Waals surface area contributed by atoms with E-state index < -0.39 is 0 Å². The third-order valence-electron chi connectivity index (χ3n) is 3.53. The van der Waals surface area contributed by atoms with Crippen LogP contribution in [0.1, 0.15) is 24.3 Å². The summed E-state index contributed by atoms with van der Waals surface area (Å²) in [6, 6.07) is 3.93. The number of rotatable bonds is 3. The van der Waals surface area contributed by atoms with Gasteiger partial charge in [-0.1, -0.05) is 5.16 Å². The molecule has 0 aromatic carbocycles. The Kier molecular flexibility index (Phi) is 3.55. The summed E-state index contributed by atoms with van der Waals surface area (Å²) in [6.07, 6.45) is 5.01. The van der Waals surface area contributed by atoms with Gasteiger partial charge in [0.1, 0.15) is 5.69 Å². The molecule has 0 bridgehead atoms. The Morgan fingerprint density at radius 2 is 2.21 bits per heavy atom. The molecule has 0 amide bonds. The van der Waals surface area contributed by atoms with Gasteiger partial charge in [0.15, 0.2) is 0 Å². The van der Waals surface area contributed by atoms with Crippen molar-refractivity contribution in [1.82, 2.24) is 20.4 Å². The highest BCUT2D eigenvalue weighted by Crippen LogP contribution is 2.19. The lowest BCUT2D eigenvalue weighted by Crippen LogP contribution is -2.28. The summed E-state index contributed by atoms with van der Waals surface area (Å²) in [5.74, 6) is 1.97. The molecule has 1 N–H and O–H groups in total. The van der Waals surface area contributed by atoms with E-state index in [9.17, 15) is 0 Å². The maximum Gasteiger partial charge on any atom is 0.227 e. The summed E-state index contributed by atoms with van der Waals surface area (Å²) < 4.78 is 5.34. The van der Waals surface area contributed by atoms with Crippen LogP contribution in [0.3, 0.4) is 0 Å². The first-order chi connectivity index (χ1) is 9.31. The van der Waals surface area contributed by atoms with E-state index in [1.165, 1.54) is 12.8 Å². The van der Waals surface area contributed by atoms with Crippen LogP contribution >= 0.6 is 0 Å². The van der Waals surface area contributed by atoms with Crippen molar-refractivity contribution in [1.29, 1.82) is 0 Å². The van der Waals surface area contributed by atoms with Crippen LogP contribution in [0.4, 0.5) is 0 Å². The van der Waals surface area contributed by atoms with Gasteiger partial charge in [-0.05, 0) is 56.5 Å². The summed E-state index contributed by atoms with van der Waals surface area (Å²) in [5.41, 5.74) is 1.93. The van der Waals surface area contributed by atoms with Crippen molar-refractivity contribution in [3.05, 3.63) is 29.8 Å². The van der Waals surface area contributed by atoms with Crippen LogP contribution in [0, 0.1) is 12.8 Å². The van der Waals surface area contributed by atoms with E-state index in [-0.39, 0.29) is 0 Å². The molecule has 0 atom stereocenters. The highest BCUT2D eigenvalue weighted by atomic mass is 16.5. The Hall–Kier alpha value is -1.75. The zero-order chi connectivity index (χ0) is 13.1. The molecule has 0 spiro atoms. The molecule has 100 valence electrons. The predicted octanol–water partition coefficient (Wildman–Crippen LogP) is 1.98. The Bertz CT molecular complexity index is 546. The fourth-order valence-corrected chi connectivity index (χ4v) is 2.43. The highest BCUT2D eigenvalue weighted by molar-refractivity contribution is 5.48. The van der Waals surface area contributed by atoms with Gasteiger partial charge in [0.2, 0.25) is 11.7 Å². The molecule has 0 saturated carbocycles. The topological polar surface area (TPSA) is 63.8 Å². The third-order valence-corrected chi connectivity index (χ3v) is 3.53. The summed E-state index contributed by atoms with van der Waals surface area (Å²) in [7, 11) is 0. The smallest absolute Gasteiger partial charge is 0.227 e. The van der Waals surface area contributed by atoms with Gasteiger partial charge in [-0.3, -0.25) is 4.98 Å². The number of nitrogens with one attached hydrogen (secondary N) is 1. The minimum atomic E-state index is 0.590. The van der Waals surface area contributed by atoms with Gasteiger partial charge < -0.3 is 9.84 Å². The van der Waals surface area contributed by atoms with Crippen LogP contribution < -0.4 is 5.32 Å². The van der Waals surface area contributed by atoms with E-state index in [1.807, 2.05) is 19.1 Å². The van der Waals surface area contributed by atoms with Crippen molar-refractivity contribution >= 4 is 0 Å². The fourth-order valence-electron chi connectivity index (χ4n) is 2.43. The number of nitrogens with zero attached hydrogens (tertiary/aromatic N) is 3. The average molecular weight is 258 g/mol. The maximum atomic E-state index is 5.34. The summed E-state index contributed by atoms with van der Waals surface area (Å²) in [6.45, 7) is 4.21. The molecule has 19 heavy (non-hydrogen) atoms. The van der Waals surface area contributed by atoms with E-state index >= 15 is 0 Å². The molecule has 2 aromatic heterocycles. The van der Waals surface area contributed by atoms with Crippen LogP contribution in [0.2, 0.25) is 0 Å². The monoisotopic (exact) mass is 258 g/mol. The first-order valence-electron chi connectivity index (χ1n) is 6.77. The summed E-state index contributed by atoms with van der Waals surface area (Å²) in [4.78, 5) is 8.73. The minimum absolute atomic E-state index is 0.590. The van der Waals surface area contributed by atoms with Crippen LogP contribution in [-0.2, 0) is 6.42 Å². The van der Waals surface area contributed by atoms with Crippen LogP contribution in [-0.4, -0.2) is 28.2 Å². The SMILES string of the molecule is Cc1ccnc(-c2noc(CC3CCNCC3)n2)c1. The molecule has 3 heterocycles. The molecule has 1 aliphatic heterocycles. The van der Waals surface area contributed by atoms with Crippen molar-refractivity contribution in [3.8, 4) is 11.5 Å². The van der Waals surface area contributed by atoms with E-state index in [2.05, 4.69) is 20.4 Å². The molecule has 5 nitrogen and oxygen atoms in total.